The minimum Gasteiger partial charge on any atom is -0.444 e. The lowest BCUT2D eigenvalue weighted by Gasteiger charge is -2.30. The number of amides is 1. The highest BCUT2D eigenvalue weighted by molar-refractivity contribution is 7.88. The molecule has 0 atom stereocenters. The average Bonchev–Trinajstić information content (AvgIpc) is 2.24. The second kappa shape index (κ2) is 6.76. The number of nitrogens with one attached hydrogen (secondary N) is 2. The Kier molecular flexibility index (Phi) is 5.82. The van der Waals surface area contributed by atoms with Gasteiger partial charge in [-0.25, -0.2) is 17.9 Å². The van der Waals surface area contributed by atoms with Crippen molar-refractivity contribution in [3.05, 3.63) is 0 Å². The minimum absolute atomic E-state index is 0.124. The summed E-state index contributed by atoms with van der Waals surface area (Å²) in [5.74, 6) is 0.349. The van der Waals surface area contributed by atoms with Crippen LogP contribution in [0.15, 0.2) is 0 Å². The molecule has 0 aromatic rings. The predicted molar refractivity (Wildman–Crippen MR) is 78.0 cm³/mol. The van der Waals surface area contributed by atoms with E-state index >= 15 is 0 Å². The van der Waals surface area contributed by atoms with Gasteiger partial charge in [0.2, 0.25) is 10.0 Å². The Bertz CT molecular complexity index is 420. The monoisotopic (exact) mass is 306 g/mol. The topological polar surface area (TPSA) is 84.5 Å². The normalized spacial score (nSPS) is 24.2. The van der Waals surface area contributed by atoms with Crippen molar-refractivity contribution in [2.24, 2.45) is 5.92 Å². The molecule has 7 heteroatoms. The fourth-order valence-electron chi connectivity index (χ4n) is 2.25. The van der Waals surface area contributed by atoms with Crippen LogP contribution in [0, 0.1) is 5.92 Å². The standard InChI is InChI=1S/C13H26N2O4S/c1-13(2,3)19-12(16)15-11-7-5-10(6-8-11)9-14-20(4,17)18/h10-11,14H,5-9H2,1-4H3,(H,15,16). The van der Waals surface area contributed by atoms with Crippen molar-refractivity contribution in [3.8, 4) is 0 Å². The van der Waals surface area contributed by atoms with Crippen molar-refractivity contribution in [2.75, 3.05) is 12.8 Å². The van der Waals surface area contributed by atoms with Gasteiger partial charge in [0.05, 0.1) is 6.26 Å². The average molecular weight is 306 g/mol. The molecule has 0 saturated heterocycles. The fourth-order valence-corrected chi connectivity index (χ4v) is 2.79. The largest absolute Gasteiger partial charge is 0.444 e. The van der Waals surface area contributed by atoms with Gasteiger partial charge >= 0.3 is 6.09 Å². The molecule has 1 fully saturated rings. The maximum atomic E-state index is 11.6. The maximum absolute atomic E-state index is 11.6. The number of sulfonamides is 1. The van der Waals surface area contributed by atoms with Crippen molar-refractivity contribution in [1.29, 1.82) is 0 Å². The summed E-state index contributed by atoms with van der Waals surface area (Å²) in [5.41, 5.74) is -0.485. The summed E-state index contributed by atoms with van der Waals surface area (Å²) in [7, 11) is -3.12. The summed E-state index contributed by atoms with van der Waals surface area (Å²) in [6.45, 7) is 5.99. The van der Waals surface area contributed by atoms with E-state index in [0.717, 1.165) is 25.7 Å². The molecule has 1 aliphatic rings. The molecule has 0 aliphatic heterocycles. The summed E-state index contributed by atoms with van der Waals surface area (Å²) in [5, 5.41) is 2.87. The van der Waals surface area contributed by atoms with Crippen LogP contribution >= 0.6 is 0 Å². The van der Waals surface area contributed by atoms with Gasteiger partial charge in [0.15, 0.2) is 0 Å². The van der Waals surface area contributed by atoms with Crippen molar-refractivity contribution < 1.29 is 17.9 Å². The Hall–Kier alpha value is -0.820. The van der Waals surface area contributed by atoms with Crippen LogP contribution in [0.2, 0.25) is 0 Å². The Morgan fingerprint density at radius 3 is 2.20 bits per heavy atom. The molecule has 20 heavy (non-hydrogen) atoms. The van der Waals surface area contributed by atoms with Gasteiger partial charge in [-0.1, -0.05) is 0 Å². The van der Waals surface area contributed by atoms with Gasteiger partial charge < -0.3 is 10.1 Å². The van der Waals surface area contributed by atoms with E-state index in [2.05, 4.69) is 10.0 Å². The first kappa shape index (κ1) is 17.2. The molecular weight excluding hydrogens is 280 g/mol. The zero-order valence-corrected chi connectivity index (χ0v) is 13.5. The summed E-state index contributed by atoms with van der Waals surface area (Å²) in [6, 6.07) is 0.124. The quantitative estimate of drug-likeness (QED) is 0.826. The summed E-state index contributed by atoms with van der Waals surface area (Å²) >= 11 is 0. The summed E-state index contributed by atoms with van der Waals surface area (Å²) in [4.78, 5) is 11.6. The SMILES string of the molecule is CC(C)(C)OC(=O)NC1CCC(CNS(C)(=O)=O)CC1. The fraction of sp³-hybridized carbons (Fsp3) is 0.923. The molecular formula is C13H26N2O4S. The second-order valence-electron chi connectivity index (χ2n) is 6.48. The highest BCUT2D eigenvalue weighted by Gasteiger charge is 2.25. The highest BCUT2D eigenvalue weighted by atomic mass is 32.2. The van der Waals surface area contributed by atoms with Gasteiger partial charge in [0.1, 0.15) is 5.60 Å². The van der Waals surface area contributed by atoms with E-state index in [0.29, 0.717) is 12.5 Å². The number of hydrogen-bond acceptors (Lipinski definition) is 4. The molecule has 0 aromatic carbocycles. The van der Waals surface area contributed by atoms with Gasteiger partial charge in [-0.3, -0.25) is 0 Å². The first-order valence-corrected chi connectivity index (χ1v) is 8.88. The maximum Gasteiger partial charge on any atom is 0.407 e. The van der Waals surface area contributed by atoms with Crippen molar-refractivity contribution in [3.63, 3.8) is 0 Å². The minimum atomic E-state index is -3.12. The molecule has 0 heterocycles. The van der Waals surface area contributed by atoms with E-state index in [4.69, 9.17) is 4.74 Å². The van der Waals surface area contributed by atoms with Crippen LogP contribution in [0.4, 0.5) is 4.79 Å². The molecule has 0 radical (unpaired) electrons. The molecule has 1 aliphatic carbocycles. The van der Waals surface area contributed by atoms with E-state index in [1.807, 2.05) is 20.8 Å². The van der Waals surface area contributed by atoms with Crippen LogP contribution in [0.3, 0.4) is 0 Å². The molecule has 1 amide bonds. The van der Waals surface area contributed by atoms with Crippen LogP contribution in [0.1, 0.15) is 46.5 Å². The Morgan fingerprint density at radius 1 is 1.20 bits per heavy atom. The smallest absolute Gasteiger partial charge is 0.407 e. The number of alkyl carbamates (subject to hydrolysis) is 1. The van der Waals surface area contributed by atoms with Gasteiger partial charge in [0, 0.05) is 12.6 Å². The third kappa shape index (κ3) is 7.69. The van der Waals surface area contributed by atoms with E-state index in [1.54, 1.807) is 0 Å². The molecule has 0 unspecified atom stereocenters. The van der Waals surface area contributed by atoms with Crippen molar-refractivity contribution >= 4 is 16.1 Å². The van der Waals surface area contributed by atoms with Crippen LogP contribution in [0.25, 0.3) is 0 Å². The predicted octanol–water partition coefficient (Wildman–Crippen LogP) is 1.62. The second-order valence-corrected chi connectivity index (χ2v) is 8.32. The molecule has 118 valence electrons. The van der Waals surface area contributed by atoms with Crippen LogP contribution < -0.4 is 10.0 Å². The number of carbonyl (C=O) groups excluding carboxylic acids is 1. The summed E-state index contributed by atoms with van der Waals surface area (Å²) in [6.07, 6.45) is 4.31. The van der Waals surface area contributed by atoms with Gasteiger partial charge in [0.25, 0.3) is 0 Å². The molecule has 1 saturated carbocycles. The Morgan fingerprint density at radius 2 is 1.75 bits per heavy atom. The third-order valence-electron chi connectivity index (χ3n) is 3.20. The number of ether oxygens (including phenoxy) is 1. The van der Waals surface area contributed by atoms with E-state index in [-0.39, 0.29) is 12.1 Å². The van der Waals surface area contributed by atoms with Gasteiger partial charge in [-0.2, -0.15) is 0 Å². The first-order chi connectivity index (χ1) is 9.05. The Labute approximate surface area is 121 Å². The molecule has 0 bridgehead atoms. The van der Waals surface area contributed by atoms with Crippen molar-refractivity contribution in [1.82, 2.24) is 10.0 Å². The van der Waals surface area contributed by atoms with Crippen molar-refractivity contribution in [2.45, 2.75) is 58.1 Å². The van der Waals surface area contributed by atoms with Crippen LogP contribution in [-0.2, 0) is 14.8 Å². The van der Waals surface area contributed by atoms with E-state index < -0.39 is 15.6 Å². The van der Waals surface area contributed by atoms with E-state index in [9.17, 15) is 13.2 Å². The highest BCUT2D eigenvalue weighted by Crippen LogP contribution is 2.24. The molecule has 1 rings (SSSR count). The zero-order valence-electron chi connectivity index (χ0n) is 12.7. The molecule has 0 spiro atoms. The van der Waals surface area contributed by atoms with Crippen LogP contribution in [-0.4, -0.2) is 39.0 Å². The zero-order chi connectivity index (χ0) is 15.4. The summed E-state index contributed by atoms with van der Waals surface area (Å²) < 4.78 is 29.8. The third-order valence-corrected chi connectivity index (χ3v) is 3.89. The number of rotatable bonds is 4. The van der Waals surface area contributed by atoms with E-state index in [1.165, 1.54) is 6.26 Å². The van der Waals surface area contributed by atoms with Gasteiger partial charge in [-0.15, -0.1) is 0 Å². The Balaban J connectivity index is 2.27. The lowest BCUT2D eigenvalue weighted by molar-refractivity contribution is 0.0488. The first-order valence-electron chi connectivity index (χ1n) is 6.99. The number of hydrogen-bond donors (Lipinski definition) is 2. The molecule has 2 N–H and O–H groups in total. The van der Waals surface area contributed by atoms with Crippen LogP contribution in [0.5, 0.6) is 0 Å². The molecule has 6 nitrogen and oxygen atoms in total. The van der Waals surface area contributed by atoms with Gasteiger partial charge in [-0.05, 0) is 52.4 Å². The molecule has 0 aromatic heterocycles. The lowest BCUT2D eigenvalue weighted by Crippen LogP contribution is -2.42. The number of carbonyl (C=O) groups is 1. The lowest BCUT2D eigenvalue weighted by atomic mass is 9.86.